The van der Waals surface area contributed by atoms with Crippen molar-refractivity contribution in [1.29, 1.82) is 0 Å². The first-order chi connectivity index (χ1) is 9.90. The van der Waals surface area contributed by atoms with Crippen molar-refractivity contribution in [2.45, 2.75) is 13.0 Å². The molecule has 0 fully saturated rings. The topological polar surface area (TPSA) is 79.9 Å². The second-order valence-corrected chi connectivity index (χ2v) is 5.34. The van der Waals surface area contributed by atoms with Crippen LogP contribution in [-0.2, 0) is 0 Å². The number of ether oxygens (including phenoxy) is 1. The first-order valence-electron chi connectivity index (χ1n) is 6.33. The van der Waals surface area contributed by atoms with E-state index in [4.69, 9.17) is 33.7 Å². The Kier molecular flexibility index (Phi) is 10.6. The number of aliphatic imine (C=N–C) groups is 1. The maximum Gasteiger partial charge on any atom is 0.188 e. The van der Waals surface area contributed by atoms with Crippen LogP contribution in [-0.4, -0.2) is 36.9 Å². The van der Waals surface area contributed by atoms with Crippen molar-refractivity contribution in [2.24, 2.45) is 10.7 Å². The average Bonchev–Trinajstić information content (AvgIpc) is 2.44. The highest BCUT2D eigenvalue weighted by molar-refractivity contribution is 14.0. The Labute approximate surface area is 157 Å². The normalized spacial score (nSPS) is 12.3. The Morgan fingerprint density at radius 1 is 1.50 bits per heavy atom. The van der Waals surface area contributed by atoms with Gasteiger partial charge in [-0.25, -0.2) is 0 Å². The quantitative estimate of drug-likeness (QED) is 0.253. The molecular weight excluding hydrogens is 440 g/mol. The number of guanidine groups is 1. The monoisotopic (exact) mass is 459 g/mol. The molecular formula is C14H20Cl2IN3O2. The summed E-state index contributed by atoms with van der Waals surface area (Å²) in [5, 5.41) is 13.4. The average molecular weight is 460 g/mol. The molecule has 0 bridgehead atoms. The molecule has 124 valence electrons. The maximum absolute atomic E-state index is 9.79. The van der Waals surface area contributed by atoms with Gasteiger partial charge in [0, 0.05) is 6.54 Å². The van der Waals surface area contributed by atoms with Crippen molar-refractivity contribution >= 4 is 53.1 Å². The zero-order chi connectivity index (χ0) is 15.8. The van der Waals surface area contributed by atoms with Gasteiger partial charge in [0.1, 0.15) is 23.5 Å². The van der Waals surface area contributed by atoms with E-state index in [0.29, 0.717) is 22.3 Å². The second-order valence-electron chi connectivity index (χ2n) is 4.55. The summed E-state index contributed by atoms with van der Waals surface area (Å²) in [4.78, 5) is 4.00. The van der Waals surface area contributed by atoms with E-state index in [1.807, 2.05) is 6.92 Å². The van der Waals surface area contributed by atoms with E-state index in [0.717, 1.165) is 5.57 Å². The van der Waals surface area contributed by atoms with E-state index >= 15 is 0 Å². The predicted octanol–water partition coefficient (Wildman–Crippen LogP) is 2.83. The van der Waals surface area contributed by atoms with Crippen LogP contribution in [0.2, 0.25) is 10.0 Å². The van der Waals surface area contributed by atoms with Gasteiger partial charge in [0.15, 0.2) is 5.96 Å². The van der Waals surface area contributed by atoms with Crippen molar-refractivity contribution in [3.05, 3.63) is 40.4 Å². The van der Waals surface area contributed by atoms with Crippen molar-refractivity contribution in [3.8, 4) is 5.75 Å². The third-order valence-corrected chi connectivity index (χ3v) is 3.19. The summed E-state index contributed by atoms with van der Waals surface area (Å²) in [6.45, 7) is 6.31. The van der Waals surface area contributed by atoms with E-state index < -0.39 is 6.10 Å². The first kappa shape index (κ1) is 21.3. The van der Waals surface area contributed by atoms with Crippen LogP contribution in [0.3, 0.4) is 0 Å². The molecule has 0 aliphatic carbocycles. The lowest BCUT2D eigenvalue weighted by Gasteiger charge is -2.12. The molecule has 1 atom stereocenters. The minimum atomic E-state index is -0.801. The number of hydrogen-bond acceptors (Lipinski definition) is 3. The zero-order valence-electron chi connectivity index (χ0n) is 12.2. The fourth-order valence-electron chi connectivity index (χ4n) is 1.34. The molecule has 0 amide bonds. The lowest BCUT2D eigenvalue weighted by molar-refractivity contribution is 0.114. The molecule has 5 nitrogen and oxygen atoms in total. The molecule has 8 heteroatoms. The number of aliphatic hydroxyl groups excluding tert-OH is 1. The van der Waals surface area contributed by atoms with Crippen LogP contribution in [0.4, 0.5) is 0 Å². The lowest BCUT2D eigenvalue weighted by Crippen LogP contribution is -2.34. The first-order valence-corrected chi connectivity index (χ1v) is 7.08. The molecule has 0 aromatic heterocycles. The second kappa shape index (κ2) is 10.9. The summed E-state index contributed by atoms with van der Waals surface area (Å²) >= 11 is 11.8. The van der Waals surface area contributed by atoms with E-state index in [-0.39, 0.29) is 43.1 Å². The molecule has 0 heterocycles. The molecule has 0 saturated heterocycles. The summed E-state index contributed by atoms with van der Waals surface area (Å²) < 4.78 is 5.40. The predicted molar refractivity (Wildman–Crippen MR) is 103 cm³/mol. The Bertz CT molecular complexity index is 527. The van der Waals surface area contributed by atoms with Crippen LogP contribution < -0.4 is 15.8 Å². The fourth-order valence-corrected chi connectivity index (χ4v) is 1.68. The highest BCUT2D eigenvalue weighted by Crippen LogP contribution is 2.31. The minimum absolute atomic E-state index is 0. The van der Waals surface area contributed by atoms with E-state index in [1.165, 1.54) is 0 Å². The SMILES string of the molecule is C=C(C)CNC(N)=NCC(O)COc1cccc(Cl)c1Cl.I. The molecule has 0 aliphatic rings. The Morgan fingerprint density at radius 2 is 2.18 bits per heavy atom. The van der Waals surface area contributed by atoms with Gasteiger partial charge in [-0.3, -0.25) is 4.99 Å². The molecule has 22 heavy (non-hydrogen) atoms. The van der Waals surface area contributed by atoms with Gasteiger partial charge in [-0.1, -0.05) is 41.4 Å². The number of hydrogen-bond donors (Lipinski definition) is 3. The van der Waals surface area contributed by atoms with Crippen molar-refractivity contribution in [1.82, 2.24) is 5.32 Å². The molecule has 4 N–H and O–H groups in total. The molecule has 1 aromatic carbocycles. The van der Waals surface area contributed by atoms with Crippen molar-refractivity contribution in [2.75, 3.05) is 19.7 Å². The number of aliphatic hydroxyl groups is 1. The Balaban J connectivity index is 0.00000441. The van der Waals surface area contributed by atoms with Gasteiger partial charge in [-0.15, -0.1) is 24.0 Å². The van der Waals surface area contributed by atoms with Gasteiger partial charge in [0.2, 0.25) is 0 Å². The molecule has 0 aliphatic heterocycles. The van der Waals surface area contributed by atoms with Crippen LogP contribution in [0.1, 0.15) is 6.92 Å². The smallest absolute Gasteiger partial charge is 0.188 e. The number of halogens is 3. The third-order valence-electron chi connectivity index (χ3n) is 2.39. The highest BCUT2D eigenvalue weighted by atomic mass is 127. The Morgan fingerprint density at radius 3 is 2.82 bits per heavy atom. The van der Waals surface area contributed by atoms with E-state index in [9.17, 15) is 5.11 Å². The summed E-state index contributed by atoms with van der Waals surface area (Å²) in [5.74, 6) is 0.665. The van der Waals surface area contributed by atoms with Gasteiger partial charge in [-0.05, 0) is 19.1 Å². The van der Waals surface area contributed by atoms with Gasteiger partial charge < -0.3 is 20.9 Å². The highest BCUT2D eigenvalue weighted by Gasteiger charge is 2.09. The molecule has 1 unspecified atom stereocenters. The van der Waals surface area contributed by atoms with Crippen LogP contribution in [0.25, 0.3) is 0 Å². The lowest BCUT2D eigenvalue weighted by atomic mass is 10.3. The Hall–Kier alpha value is -0.700. The molecule has 0 saturated carbocycles. The van der Waals surface area contributed by atoms with Crippen molar-refractivity contribution in [3.63, 3.8) is 0 Å². The maximum atomic E-state index is 9.79. The summed E-state index contributed by atoms with van der Waals surface area (Å²) in [6.07, 6.45) is -0.801. The van der Waals surface area contributed by atoms with E-state index in [2.05, 4.69) is 16.9 Å². The van der Waals surface area contributed by atoms with E-state index in [1.54, 1.807) is 18.2 Å². The fraction of sp³-hybridized carbons (Fsp3) is 0.357. The molecule has 1 aromatic rings. The van der Waals surface area contributed by atoms with Crippen LogP contribution in [0.15, 0.2) is 35.3 Å². The van der Waals surface area contributed by atoms with Crippen LogP contribution in [0.5, 0.6) is 5.75 Å². The van der Waals surface area contributed by atoms with Crippen molar-refractivity contribution < 1.29 is 9.84 Å². The van der Waals surface area contributed by atoms with Gasteiger partial charge in [0.25, 0.3) is 0 Å². The minimum Gasteiger partial charge on any atom is -0.489 e. The third kappa shape index (κ3) is 8.07. The summed E-state index contributed by atoms with van der Waals surface area (Å²) in [5.41, 5.74) is 6.57. The van der Waals surface area contributed by atoms with Crippen LogP contribution in [0, 0.1) is 0 Å². The number of nitrogens with one attached hydrogen (secondary N) is 1. The molecule has 0 radical (unpaired) electrons. The van der Waals surface area contributed by atoms with Gasteiger partial charge in [0.05, 0.1) is 11.6 Å². The number of benzene rings is 1. The zero-order valence-corrected chi connectivity index (χ0v) is 16.0. The molecule has 0 spiro atoms. The largest absolute Gasteiger partial charge is 0.489 e. The standard InChI is InChI=1S/C14H19Cl2N3O2.HI/c1-9(2)6-18-14(17)19-7-10(20)8-21-12-5-3-4-11(15)13(12)16;/h3-5,10,20H,1,6-8H2,2H3,(H3,17,18,19);1H. The number of nitrogens with zero attached hydrogens (tertiary/aromatic N) is 1. The van der Waals surface area contributed by atoms with Crippen LogP contribution >= 0.6 is 47.2 Å². The number of rotatable bonds is 7. The van der Waals surface area contributed by atoms with Gasteiger partial charge >= 0.3 is 0 Å². The summed E-state index contributed by atoms with van der Waals surface area (Å²) in [6, 6.07) is 5.05. The molecule has 1 rings (SSSR count). The number of nitrogens with two attached hydrogens (primary N) is 1. The summed E-state index contributed by atoms with van der Waals surface area (Å²) in [7, 11) is 0. The van der Waals surface area contributed by atoms with Gasteiger partial charge in [-0.2, -0.15) is 0 Å².